The molecule has 0 fully saturated rings. The number of carbonyl (C=O) groups is 1. The molecule has 152 valence electrons. The van der Waals surface area contributed by atoms with Crippen LogP contribution in [0.15, 0.2) is 36.5 Å². The molecule has 3 rings (SSSR count). The molecule has 0 unspecified atom stereocenters. The number of nitrogens with one attached hydrogen (secondary N) is 1. The molecule has 0 saturated heterocycles. The van der Waals surface area contributed by atoms with Gasteiger partial charge in [-0.3, -0.25) is 9.48 Å². The summed E-state index contributed by atoms with van der Waals surface area (Å²) in [6.07, 6.45) is 1.67. The molecule has 2 aromatic heterocycles. The number of hydrogen-bond acceptors (Lipinski definition) is 6. The molecule has 0 amide bonds. The number of carbonyl (C=O) groups excluding carboxylic acids is 1. The van der Waals surface area contributed by atoms with Crippen LogP contribution in [-0.4, -0.2) is 33.9 Å². The van der Waals surface area contributed by atoms with E-state index in [0.29, 0.717) is 22.4 Å². The van der Waals surface area contributed by atoms with E-state index in [1.807, 2.05) is 0 Å². The highest BCUT2D eigenvalue weighted by atomic mass is 31.2. The minimum Gasteiger partial charge on any atom is -0.384 e. The van der Waals surface area contributed by atoms with Gasteiger partial charge >= 0.3 is 0 Å². The van der Waals surface area contributed by atoms with Crippen molar-refractivity contribution < 1.29 is 13.8 Å². The molecular weight excluding hydrogens is 392 g/mol. The third-order valence-electron chi connectivity index (χ3n) is 4.50. The number of nitrogens with zero attached hydrogens (tertiary/aromatic N) is 3. The molecule has 0 bridgehead atoms. The molecule has 0 saturated carbocycles. The minimum absolute atomic E-state index is 0.132. The molecule has 1 aromatic carbocycles. The van der Waals surface area contributed by atoms with Crippen molar-refractivity contribution >= 4 is 35.6 Å². The second kappa shape index (κ2) is 7.79. The van der Waals surface area contributed by atoms with Gasteiger partial charge < -0.3 is 15.6 Å². The number of aromatic nitrogens is 3. The Balaban J connectivity index is 2.05. The van der Waals surface area contributed by atoms with Gasteiger partial charge in [-0.1, -0.05) is 13.0 Å². The topological polar surface area (TPSA) is 103 Å². The summed E-state index contributed by atoms with van der Waals surface area (Å²) >= 11 is 0. The molecule has 2 heterocycles. The van der Waals surface area contributed by atoms with E-state index in [9.17, 15) is 9.36 Å². The SMILES string of the molecule is CCC(=O)c1cnc(N)cc1Nc1cccc(-c2cc(P(C)(C)=O)n(C)n2)c1F. The van der Waals surface area contributed by atoms with Crippen LogP contribution in [0.25, 0.3) is 11.3 Å². The first kappa shape index (κ1) is 20.7. The minimum atomic E-state index is -2.56. The van der Waals surface area contributed by atoms with Gasteiger partial charge in [0.15, 0.2) is 11.6 Å². The normalized spacial score (nSPS) is 11.5. The van der Waals surface area contributed by atoms with Gasteiger partial charge in [-0.25, -0.2) is 9.37 Å². The van der Waals surface area contributed by atoms with Crippen molar-refractivity contribution in [2.24, 2.45) is 7.05 Å². The Bertz CT molecular complexity index is 1140. The summed E-state index contributed by atoms with van der Waals surface area (Å²) in [6, 6.07) is 7.97. The first-order valence-corrected chi connectivity index (χ1v) is 11.7. The summed E-state index contributed by atoms with van der Waals surface area (Å²) in [5.41, 5.74) is 7.83. The Morgan fingerprint density at radius 3 is 2.62 bits per heavy atom. The lowest BCUT2D eigenvalue weighted by atomic mass is 10.1. The number of anilines is 3. The Hall–Kier alpha value is -2.99. The van der Waals surface area contributed by atoms with E-state index in [1.54, 1.807) is 51.6 Å². The van der Waals surface area contributed by atoms with E-state index in [1.165, 1.54) is 16.9 Å². The summed E-state index contributed by atoms with van der Waals surface area (Å²) in [4.78, 5) is 16.1. The number of aryl methyl sites for hydroxylation is 1. The van der Waals surface area contributed by atoms with Gasteiger partial charge in [0, 0.05) is 31.3 Å². The Morgan fingerprint density at radius 2 is 2.00 bits per heavy atom. The van der Waals surface area contributed by atoms with E-state index in [2.05, 4.69) is 15.4 Å². The second-order valence-electron chi connectivity index (χ2n) is 7.09. The van der Waals surface area contributed by atoms with Crippen molar-refractivity contribution in [1.82, 2.24) is 14.8 Å². The number of nitrogens with two attached hydrogens (primary N) is 1. The summed E-state index contributed by atoms with van der Waals surface area (Å²) < 4.78 is 29.2. The molecule has 0 spiro atoms. The van der Waals surface area contributed by atoms with Crippen LogP contribution in [0.1, 0.15) is 23.7 Å². The lowest BCUT2D eigenvalue weighted by Gasteiger charge is -2.13. The number of benzene rings is 1. The lowest BCUT2D eigenvalue weighted by Crippen LogP contribution is -2.13. The smallest absolute Gasteiger partial charge is 0.166 e. The fourth-order valence-corrected chi connectivity index (χ4v) is 4.23. The average Bonchev–Trinajstić information content (AvgIpc) is 3.05. The molecule has 0 aliphatic heterocycles. The number of rotatable bonds is 6. The molecule has 29 heavy (non-hydrogen) atoms. The quantitative estimate of drug-likeness (QED) is 0.469. The molecule has 0 aliphatic carbocycles. The van der Waals surface area contributed by atoms with Gasteiger partial charge in [-0.2, -0.15) is 5.10 Å². The maximum atomic E-state index is 15.3. The van der Waals surface area contributed by atoms with Crippen LogP contribution < -0.4 is 16.5 Å². The van der Waals surface area contributed by atoms with Gasteiger partial charge in [0.2, 0.25) is 0 Å². The van der Waals surface area contributed by atoms with Crippen LogP contribution in [0, 0.1) is 5.82 Å². The van der Waals surface area contributed by atoms with Crippen molar-refractivity contribution in [1.29, 1.82) is 0 Å². The third kappa shape index (κ3) is 4.22. The molecule has 9 heteroatoms. The second-order valence-corrected chi connectivity index (χ2v) is 10.2. The standard InChI is InChI=1S/C20H23FN5O2P/c1-5-17(27)13-11-23-18(22)9-15(13)24-14-8-6-7-12(20(14)21)16-10-19(26(2)25-16)29(3,4)28/h6-11H,5H2,1-4H3,(H3,22,23,24). The van der Waals surface area contributed by atoms with Crippen molar-refractivity contribution in [3.8, 4) is 11.3 Å². The first-order chi connectivity index (χ1) is 13.6. The van der Waals surface area contributed by atoms with E-state index < -0.39 is 13.0 Å². The van der Waals surface area contributed by atoms with Crippen LogP contribution in [0.5, 0.6) is 0 Å². The molecule has 7 nitrogen and oxygen atoms in total. The van der Waals surface area contributed by atoms with Gasteiger partial charge in [0.1, 0.15) is 13.0 Å². The summed E-state index contributed by atoms with van der Waals surface area (Å²) in [5.74, 6) is -0.454. The summed E-state index contributed by atoms with van der Waals surface area (Å²) in [6.45, 7) is 5.02. The molecule has 0 radical (unpaired) electrons. The number of Topliss-reactive ketones (excluding diaryl/α,β-unsaturated/α-hetero) is 1. The highest BCUT2D eigenvalue weighted by Gasteiger charge is 2.21. The number of nitrogen functional groups attached to an aromatic ring is 1. The van der Waals surface area contributed by atoms with Crippen LogP contribution in [0.2, 0.25) is 0 Å². The van der Waals surface area contributed by atoms with Crippen molar-refractivity contribution in [2.75, 3.05) is 24.4 Å². The van der Waals surface area contributed by atoms with Crippen LogP contribution in [0.3, 0.4) is 0 Å². The number of ketones is 1. The van der Waals surface area contributed by atoms with Gasteiger partial charge in [-0.05, 0) is 31.5 Å². The Morgan fingerprint density at radius 1 is 1.28 bits per heavy atom. The van der Waals surface area contributed by atoms with E-state index >= 15 is 4.39 Å². The molecular formula is C20H23FN5O2P. The Labute approximate surface area is 168 Å². The number of pyridine rings is 1. The predicted octanol–water partition coefficient (Wildman–Crippen LogP) is 3.79. The van der Waals surface area contributed by atoms with Crippen LogP contribution >= 0.6 is 7.14 Å². The average molecular weight is 415 g/mol. The van der Waals surface area contributed by atoms with E-state index in [4.69, 9.17) is 5.73 Å². The van der Waals surface area contributed by atoms with E-state index in [0.717, 1.165) is 0 Å². The van der Waals surface area contributed by atoms with Crippen molar-refractivity contribution in [2.45, 2.75) is 13.3 Å². The van der Waals surface area contributed by atoms with Gasteiger partial charge in [0.05, 0.1) is 28.1 Å². The number of halogens is 1. The zero-order valence-electron chi connectivity index (χ0n) is 16.7. The van der Waals surface area contributed by atoms with Crippen LogP contribution in [0.4, 0.5) is 21.6 Å². The van der Waals surface area contributed by atoms with Gasteiger partial charge in [-0.15, -0.1) is 0 Å². The summed E-state index contributed by atoms with van der Waals surface area (Å²) in [7, 11) is -0.878. The summed E-state index contributed by atoms with van der Waals surface area (Å²) in [5, 5.41) is 7.28. The first-order valence-electron chi connectivity index (χ1n) is 9.06. The van der Waals surface area contributed by atoms with Crippen LogP contribution in [-0.2, 0) is 11.6 Å². The predicted molar refractivity (Wildman–Crippen MR) is 114 cm³/mol. The zero-order chi connectivity index (χ0) is 21.3. The zero-order valence-corrected chi connectivity index (χ0v) is 17.6. The largest absolute Gasteiger partial charge is 0.384 e. The molecule has 3 aromatic rings. The fraction of sp³-hybridized carbons (Fsp3) is 0.250. The number of hydrogen-bond donors (Lipinski definition) is 2. The van der Waals surface area contributed by atoms with E-state index in [-0.39, 0.29) is 29.3 Å². The molecule has 3 N–H and O–H groups in total. The highest BCUT2D eigenvalue weighted by molar-refractivity contribution is 7.69. The van der Waals surface area contributed by atoms with Crippen molar-refractivity contribution in [3.05, 3.63) is 47.9 Å². The highest BCUT2D eigenvalue weighted by Crippen LogP contribution is 2.37. The maximum Gasteiger partial charge on any atom is 0.166 e. The maximum absolute atomic E-state index is 15.3. The monoisotopic (exact) mass is 415 g/mol. The van der Waals surface area contributed by atoms with Gasteiger partial charge in [0.25, 0.3) is 0 Å². The molecule has 0 aliphatic rings. The third-order valence-corrected chi connectivity index (χ3v) is 6.02. The fourth-order valence-electron chi connectivity index (χ4n) is 3.05. The lowest BCUT2D eigenvalue weighted by molar-refractivity contribution is 0.0988. The van der Waals surface area contributed by atoms with Crippen molar-refractivity contribution in [3.63, 3.8) is 0 Å². The Kier molecular flexibility index (Phi) is 5.57. The molecule has 0 atom stereocenters.